The molecular formula is C22H26ClN3O5S. The molecule has 8 nitrogen and oxygen atoms in total. The third-order valence-corrected chi connectivity index (χ3v) is 7.20. The van der Waals surface area contributed by atoms with Crippen molar-refractivity contribution in [2.24, 2.45) is 0 Å². The van der Waals surface area contributed by atoms with Crippen molar-refractivity contribution in [2.45, 2.75) is 4.90 Å². The van der Waals surface area contributed by atoms with Crippen molar-refractivity contribution < 1.29 is 22.7 Å². The van der Waals surface area contributed by atoms with Crippen molar-refractivity contribution in [1.29, 1.82) is 0 Å². The van der Waals surface area contributed by atoms with Gasteiger partial charge >= 0.3 is 0 Å². The van der Waals surface area contributed by atoms with Crippen molar-refractivity contribution in [3.05, 3.63) is 59.1 Å². The minimum absolute atomic E-state index is 0.0979. The summed E-state index contributed by atoms with van der Waals surface area (Å²) >= 11 is 5.93. The number of piperazine rings is 1. The average molecular weight is 480 g/mol. The van der Waals surface area contributed by atoms with Crippen LogP contribution in [0.4, 0.5) is 5.69 Å². The molecule has 0 spiro atoms. The molecular weight excluding hydrogens is 454 g/mol. The summed E-state index contributed by atoms with van der Waals surface area (Å²) in [4.78, 5) is 28.9. The van der Waals surface area contributed by atoms with E-state index in [-0.39, 0.29) is 35.3 Å². The summed E-state index contributed by atoms with van der Waals surface area (Å²) in [6, 6.07) is 13.2. The lowest BCUT2D eigenvalue weighted by Gasteiger charge is -2.36. The third kappa shape index (κ3) is 6.21. The van der Waals surface area contributed by atoms with Gasteiger partial charge in [0, 0.05) is 49.6 Å². The van der Waals surface area contributed by atoms with E-state index in [0.29, 0.717) is 31.2 Å². The van der Waals surface area contributed by atoms with Crippen LogP contribution in [0.2, 0.25) is 5.02 Å². The summed E-state index contributed by atoms with van der Waals surface area (Å²) in [5, 5.41) is 3.29. The Hall–Kier alpha value is -2.62. The maximum absolute atomic E-state index is 12.5. The van der Waals surface area contributed by atoms with Gasteiger partial charge in [0.1, 0.15) is 0 Å². The number of carbonyl (C=O) groups is 2. The number of carbonyl (C=O) groups excluding carboxylic acids is 2. The van der Waals surface area contributed by atoms with Gasteiger partial charge in [0.25, 0.3) is 5.91 Å². The van der Waals surface area contributed by atoms with Gasteiger partial charge in [-0.15, -0.1) is 0 Å². The zero-order valence-electron chi connectivity index (χ0n) is 17.8. The Morgan fingerprint density at radius 1 is 1.00 bits per heavy atom. The molecule has 0 bridgehead atoms. The van der Waals surface area contributed by atoms with E-state index >= 15 is 0 Å². The van der Waals surface area contributed by atoms with Crippen LogP contribution in [-0.2, 0) is 19.4 Å². The molecule has 2 amide bonds. The number of nitrogens with zero attached hydrogens (tertiary/aromatic N) is 2. The monoisotopic (exact) mass is 479 g/mol. The van der Waals surface area contributed by atoms with E-state index in [9.17, 15) is 18.0 Å². The number of amides is 2. The van der Waals surface area contributed by atoms with Gasteiger partial charge in [-0.2, -0.15) is 0 Å². The first-order valence-electron chi connectivity index (χ1n) is 10.2. The van der Waals surface area contributed by atoms with E-state index in [4.69, 9.17) is 16.3 Å². The first-order valence-corrected chi connectivity index (χ1v) is 12.2. The van der Waals surface area contributed by atoms with Crippen molar-refractivity contribution >= 4 is 38.9 Å². The smallest absolute Gasteiger partial charge is 0.251 e. The van der Waals surface area contributed by atoms with E-state index < -0.39 is 15.7 Å². The molecule has 1 fully saturated rings. The highest BCUT2D eigenvalue weighted by Gasteiger charge is 2.22. The van der Waals surface area contributed by atoms with Gasteiger partial charge in [0.15, 0.2) is 9.84 Å². The Labute approximate surface area is 193 Å². The quantitative estimate of drug-likeness (QED) is 0.620. The predicted molar refractivity (Wildman–Crippen MR) is 123 cm³/mol. The van der Waals surface area contributed by atoms with E-state index in [1.54, 1.807) is 4.90 Å². The summed E-state index contributed by atoms with van der Waals surface area (Å²) in [6.07, 6.45) is 0. The Balaban J connectivity index is 1.47. The predicted octanol–water partition coefficient (Wildman–Crippen LogP) is 1.84. The van der Waals surface area contributed by atoms with Gasteiger partial charge in [0.05, 0.1) is 23.8 Å². The second-order valence-electron chi connectivity index (χ2n) is 7.36. The van der Waals surface area contributed by atoms with Crippen LogP contribution in [0.1, 0.15) is 10.4 Å². The van der Waals surface area contributed by atoms with Crippen molar-refractivity contribution in [3.63, 3.8) is 0 Å². The molecule has 3 rings (SSSR count). The molecule has 1 N–H and O–H groups in total. The lowest BCUT2D eigenvalue weighted by Crippen LogP contribution is -2.51. The lowest BCUT2D eigenvalue weighted by atomic mass is 10.2. The van der Waals surface area contributed by atoms with Crippen LogP contribution in [0.25, 0.3) is 0 Å². The van der Waals surface area contributed by atoms with Crippen LogP contribution in [0.3, 0.4) is 0 Å². The Kier molecular flexibility index (Phi) is 8.11. The summed E-state index contributed by atoms with van der Waals surface area (Å²) in [6.45, 7) is 2.49. The van der Waals surface area contributed by atoms with Gasteiger partial charge < -0.3 is 19.9 Å². The second kappa shape index (κ2) is 10.8. The topological polar surface area (TPSA) is 96.0 Å². The van der Waals surface area contributed by atoms with Crippen LogP contribution in [0, 0.1) is 0 Å². The van der Waals surface area contributed by atoms with Gasteiger partial charge in [-0.1, -0.05) is 11.6 Å². The molecule has 172 valence electrons. The largest absolute Gasteiger partial charge is 0.384 e. The molecule has 0 aliphatic carbocycles. The van der Waals surface area contributed by atoms with Gasteiger partial charge in [0.2, 0.25) is 5.91 Å². The molecule has 0 aromatic heterocycles. The SMILES string of the molecule is COCCS(=O)(=O)c1ccc(C(=O)NCC(=O)N2CCN(c3ccc(Cl)cc3)CC2)cc1. The Bertz CT molecular complexity index is 1030. The number of hydrogen-bond donors (Lipinski definition) is 1. The van der Waals surface area contributed by atoms with Crippen LogP contribution in [-0.4, -0.2) is 77.3 Å². The standard InChI is InChI=1S/C22H26ClN3O5S/c1-31-14-15-32(29,30)20-8-2-17(3-9-20)22(28)24-16-21(27)26-12-10-25(11-13-26)19-6-4-18(23)5-7-19/h2-9H,10-16H2,1H3,(H,24,28). The first-order chi connectivity index (χ1) is 15.3. The number of sulfone groups is 1. The van der Waals surface area contributed by atoms with Crippen molar-refractivity contribution in [2.75, 3.05) is 57.1 Å². The van der Waals surface area contributed by atoms with Crippen LogP contribution < -0.4 is 10.2 Å². The van der Waals surface area contributed by atoms with Crippen molar-refractivity contribution in [1.82, 2.24) is 10.2 Å². The molecule has 0 saturated carbocycles. The fourth-order valence-electron chi connectivity index (χ4n) is 3.36. The first kappa shape index (κ1) is 24.0. The summed E-state index contributed by atoms with van der Waals surface area (Å²) < 4.78 is 29.1. The Morgan fingerprint density at radius 3 is 2.22 bits per heavy atom. The van der Waals surface area contributed by atoms with Crippen LogP contribution >= 0.6 is 11.6 Å². The molecule has 1 saturated heterocycles. The van der Waals surface area contributed by atoms with Crippen LogP contribution in [0.5, 0.6) is 0 Å². The summed E-state index contributed by atoms with van der Waals surface area (Å²) in [7, 11) is -2.03. The van der Waals surface area contributed by atoms with Gasteiger partial charge in [-0.3, -0.25) is 9.59 Å². The molecule has 32 heavy (non-hydrogen) atoms. The van der Waals surface area contributed by atoms with Crippen molar-refractivity contribution in [3.8, 4) is 0 Å². The van der Waals surface area contributed by atoms with E-state index in [1.165, 1.54) is 31.4 Å². The van der Waals surface area contributed by atoms with Gasteiger partial charge in [-0.05, 0) is 48.5 Å². The molecule has 1 aliphatic rings. The number of nitrogens with one attached hydrogen (secondary N) is 1. The molecule has 1 heterocycles. The number of methoxy groups -OCH3 is 1. The zero-order valence-corrected chi connectivity index (χ0v) is 19.4. The highest BCUT2D eigenvalue weighted by molar-refractivity contribution is 7.91. The minimum atomic E-state index is -3.46. The summed E-state index contributed by atoms with van der Waals surface area (Å²) in [5.74, 6) is -0.721. The Morgan fingerprint density at radius 2 is 1.62 bits per heavy atom. The zero-order chi connectivity index (χ0) is 23.1. The highest BCUT2D eigenvalue weighted by Crippen LogP contribution is 2.19. The van der Waals surface area contributed by atoms with Crippen LogP contribution in [0.15, 0.2) is 53.4 Å². The normalized spacial score (nSPS) is 14.3. The minimum Gasteiger partial charge on any atom is -0.384 e. The molecule has 2 aromatic carbocycles. The average Bonchev–Trinajstić information content (AvgIpc) is 2.81. The fourth-order valence-corrected chi connectivity index (χ4v) is 4.66. The fraction of sp³-hybridized carbons (Fsp3) is 0.364. The van der Waals surface area contributed by atoms with E-state index in [0.717, 1.165) is 5.69 Å². The second-order valence-corrected chi connectivity index (χ2v) is 9.91. The molecule has 10 heteroatoms. The highest BCUT2D eigenvalue weighted by atomic mass is 35.5. The number of ether oxygens (including phenoxy) is 1. The molecule has 2 aromatic rings. The molecule has 0 radical (unpaired) electrons. The maximum atomic E-state index is 12.5. The van der Waals surface area contributed by atoms with E-state index in [2.05, 4.69) is 10.2 Å². The number of anilines is 1. The van der Waals surface area contributed by atoms with Gasteiger partial charge in [-0.25, -0.2) is 8.42 Å². The number of hydrogen-bond acceptors (Lipinski definition) is 6. The maximum Gasteiger partial charge on any atom is 0.251 e. The third-order valence-electron chi connectivity index (χ3n) is 5.26. The lowest BCUT2D eigenvalue weighted by molar-refractivity contribution is -0.130. The molecule has 1 aliphatic heterocycles. The van der Waals surface area contributed by atoms with E-state index in [1.807, 2.05) is 24.3 Å². The number of rotatable bonds is 8. The molecule has 0 unspecified atom stereocenters. The molecule has 0 atom stereocenters. The summed E-state index contributed by atoms with van der Waals surface area (Å²) in [5.41, 5.74) is 1.35. The number of halogens is 1. The number of benzene rings is 2.